The first-order valence-corrected chi connectivity index (χ1v) is 25.4. The van der Waals surface area contributed by atoms with Crippen LogP contribution in [-0.4, -0.2) is 64.9 Å². The molecular weight excluding hydrogens is 769 g/mol. The molecule has 0 rings (SSSR count). The van der Waals surface area contributed by atoms with Crippen LogP contribution in [0.25, 0.3) is 0 Å². The average molecular weight is 858 g/mol. The zero-order valence-electron chi connectivity index (χ0n) is 37.6. The normalized spacial score (nSPS) is 13.8. The lowest BCUT2D eigenvalue weighted by atomic mass is 10.0. The zero-order chi connectivity index (χ0) is 43.5. The molecule has 0 fully saturated rings. The van der Waals surface area contributed by atoms with Gasteiger partial charge < -0.3 is 25.2 Å². The van der Waals surface area contributed by atoms with E-state index in [1.807, 2.05) is 0 Å². The van der Waals surface area contributed by atoms with Gasteiger partial charge in [-0.25, -0.2) is 9.36 Å². The van der Waals surface area contributed by atoms with Gasteiger partial charge in [0.25, 0.3) is 0 Å². The number of phosphoric ester groups is 1. The molecule has 0 bridgehead atoms. The highest BCUT2D eigenvalue weighted by atomic mass is 31.2. The number of carbonyl (C=O) groups excluding carboxylic acids is 2. The first kappa shape index (κ1) is 57.0. The fourth-order valence-electron chi connectivity index (χ4n) is 6.72. The monoisotopic (exact) mass is 858 g/mol. The molecule has 0 aliphatic heterocycles. The second-order valence-corrected chi connectivity index (χ2v) is 17.7. The molecule has 11 nitrogen and oxygen atoms in total. The summed E-state index contributed by atoms with van der Waals surface area (Å²) in [5.74, 6) is -2.38. The minimum absolute atomic E-state index is 0.137. The molecule has 0 saturated carbocycles. The minimum Gasteiger partial charge on any atom is -0.480 e. The van der Waals surface area contributed by atoms with Gasteiger partial charge in [-0.15, -0.1) is 0 Å². The molecule has 0 saturated heterocycles. The number of allylic oxidation sites excluding steroid dienone is 4. The average Bonchev–Trinajstić information content (AvgIpc) is 3.21. The smallest absolute Gasteiger partial charge is 0.472 e. The number of ether oxygens (including phenoxy) is 1. The van der Waals surface area contributed by atoms with Crippen LogP contribution in [0.1, 0.15) is 226 Å². The van der Waals surface area contributed by atoms with Crippen molar-refractivity contribution in [2.45, 2.75) is 238 Å². The molecule has 0 spiro atoms. The third-order valence-electron chi connectivity index (χ3n) is 10.5. The molecule has 4 N–H and O–H groups in total. The summed E-state index contributed by atoms with van der Waals surface area (Å²) >= 11 is 0. The summed E-state index contributed by atoms with van der Waals surface area (Å²) in [6.45, 7) is 2.57. The lowest BCUT2D eigenvalue weighted by molar-refractivity contribution is -0.147. The van der Waals surface area contributed by atoms with Crippen molar-refractivity contribution in [3.05, 3.63) is 24.3 Å². The van der Waals surface area contributed by atoms with E-state index in [2.05, 4.69) is 43.5 Å². The second kappa shape index (κ2) is 42.6. The Balaban J connectivity index is 3.79. The van der Waals surface area contributed by atoms with Gasteiger partial charge in [0, 0.05) is 12.8 Å². The third-order valence-corrected chi connectivity index (χ3v) is 11.4. The molecule has 0 aromatic carbocycles. The number of esters is 1. The standard InChI is InChI=1S/C47H88NO10P/c1-3-5-7-9-11-13-15-17-18-19-20-21-22-23-24-25-26-27-29-31-33-35-37-39-46(51)56-40-43(49)41-57-59(54,55)58-42-44(47(52)53)48-45(50)38-36-34-32-30-28-16-14-12-10-8-6-4-2/h12,14,17-18,43-44,49H,3-11,13,15-16,19-42H2,1-2H3,(H,48,50)(H,52,53)(H,54,55)/b14-12-,18-17+. The summed E-state index contributed by atoms with van der Waals surface area (Å²) in [4.78, 5) is 45.9. The summed E-state index contributed by atoms with van der Waals surface area (Å²) in [7, 11) is -4.76. The van der Waals surface area contributed by atoms with Gasteiger partial charge in [-0.05, 0) is 64.2 Å². The summed E-state index contributed by atoms with van der Waals surface area (Å²) in [6, 6.07) is -1.55. The van der Waals surface area contributed by atoms with Crippen LogP contribution >= 0.6 is 7.82 Å². The maximum absolute atomic E-state index is 12.3. The predicted octanol–water partition coefficient (Wildman–Crippen LogP) is 12.6. The highest BCUT2D eigenvalue weighted by Gasteiger charge is 2.28. The molecule has 0 aromatic heterocycles. The molecule has 0 heterocycles. The first-order chi connectivity index (χ1) is 28.6. The summed E-state index contributed by atoms with van der Waals surface area (Å²) in [5, 5.41) is 21.8. The number of phosphoric acid groups is 1. The number of aliphatic carboxylic acids is 1. The molecule has 12 heteroatoms. The van der Waals surface area contributed by atoms with Gasteiger partial charge >= 0.3 is 19.8 Å². The van der Waals surface area contributed by atoms with Gasteiger partial charge in [0.15, 0.2) is 6.04 Å². The molecule has 59 heavy (non-hydrogen) atoms. The fraction of sp³-hybridized carbons (Fsp3) is 0.851. The molecule has 346 valence electrons. The number of amides is 1. The quantitative estimate of drug-likeness (QED) is 0.0200. The van der Waals surface area contributed by atoms with Gasteiger partial charge in [0.1, 0.15) is 12.7 Å². The van der Waals surface area contributed by atoms with E-state index in [1.54, 1.807) is 0 Å². The predicted molar refractivity (Wildman–Crippen MR) is 240 cm³/mol. The summed E-state index contributed by atoms with van der Waals surface area (Å²) in [6.07, 6.45) is 45.0. The van der Waals surface area contributed by atoms with E-state index in [0.717, 1.165) is 57.8 Å². The van der Waals surface area contributed by atoms with Crippen LogP contribution in [0.5, 0.6) is 0 Å². The van der Waals surface area contributed by atoms with Crippen molar-refractivity contribution in [1.82, 2.24) is 5.32 Å². The van der Waals surface area contributed by atoms with Gasteiger partial charge in [-0.3, -0.25) is 18.6 Å². The van der Waals surface area contributed by atoms with Crippen molar-refractivity contribution in [2.75, 3.05) is 19.8 Å². The van der Waals surface area contributed by atoms with E-state index in [1.165, 1.54) is 128 Å². The SMILES string of the molecule is CCCCC/C=C\CCCCCCCC(=O)NC(COP(=O)(O)OCC(O)COC(=O)CCCCCCCCCCCCCCC/C=C/CCCCCCCC)C(=O)O. The number of hydrogen-bond acceptors (Lipinski definition) is 8. The lowest BCUT2D eigenvalue weighted by Gasteiger charge is -2.18. The number of hydrogen-bond donors (Lipinski definition) is 4. The maximum atomic E-state index is 12.3. The van der Waals surface area contributed by atoms with E-state index in [4.69, 9.17) is 13.8 Å². The van der Waals surface area contributed by atoms with Crippen molar-refractivity contribution < 1.29 is 47.8 Å². The molecule has 0 aliphatic carbocycles. The van der Waals surface area contributed by atoms with E-state index >= 15 is 0 Å². The van der Waals surface area contributed by atoms with Crippen molar-refractivity contribution in [1.29, 1.82) is 0 Å². The Kier molecular flexibility index (Phi) is 41.2. The Hall–Kier alpha value is -2.04. The lowest BCUT2D eigenvalue weighted by Crippen LogP contribution is -2.43. The number of unbranched alkanes of at least 4 members (excludes halogenated alkanes) is 27. The Morgan fingerprint density at radius 2 is 0.881 bits per heavy atom. The largest absolute Gasteiger partial charge is 0.480 e. The Labute approximate surface area is 359 Å². The Bertz CT molecular complexity index is 1100. The van der Waals surface area contributed by atoms with Gasteiger partial charge in [-0.1, -0.05) is 173 Å². The number of carboxylic acid groups (broad SMARTS) is 1. The fourth-order valence-corrected chi connectivity index (χ4v) is 7.49. The third kappa shape index (κ3) is 42.4. The highest BCUT2D eigenvalue weighted by molar-refractivity contribution is 7.47. The first-order valence-electron chi connectivity index (χ1n) is 23.9. The molecule has 0 radical (unpaired) electrons. The van der Waals surface area contributed by atoms with Gasteiger partial charge in [0.2, 0.25) is 5.91 Å². The van der Waals surface area contributed by atoms with Crippen LogP contribution in [0.4, 0.5) is 0 Å². The zero-order valence-corrected chi connectivity index (χ0v) is 38.5. The Morgan fingerprint density at radius 1 is 0.525 bits per heavy atom. The molecule has 0 aliphatic rings. The number of carbonyl (C=O) groups is 3. The Morgan fingerprint density at radius 3 is 1.32 bits per heavy atom. The van der Waals surface area contributed by atoms with Crippen LogP contribution in [0.15, 0.2) is 24.3 Å². The van der Waals surface area contributed by atoms with Crippen molar-refractivity contribution in [2.24, 2.45) is 0 Å². The maximum Gasteiger partial charge on any atom is 0.472 e. The van der Waals surface area contributed by atoms with Crippen LogP contribution in [-0.2, 0) is 32.7 Å². The second-order valence-electron chi connectivity index (χ2n) is 16.3. The molecule has 3 atom stereocenters. The van der Waals surface area contributed by atoms with Crippen molar-refractivity contribution in [3.63, 3.8) is 0 Å². The van der Waals surface area contributed by atoms with E-state index in [-0.39, 0.29) is 12.8 Å². The van der Waals surface area contributed by atoms with Gasteiger partial charge in [-0.2, -0.15) is 0 Å². The van der Waals surface area contributed by atoms with Crippen molar-refractivity contribution in [3.8, 4) is 0 Å². The highest BCUT2D eigenvalue weighted by Crippen LogP contribution is 2.43. The van der Waals surface area contributed by atoms with Gasteiger partial charge in [0.05, 0.1) is 13.2 Å². The number of nitrogens with one attached hydrogen (secondary N) is 1. The molecule has 0 aromatic rings. The number of carboxylic acids is 1. The van der Waals surface area contributed by atoms with Crippen LogP contribution in [0.3, 0.4) is 0 Å². The number of rotatable bonds is 45. The van der Waals surface area contributed by atoms with Crippen LogP contribution < -0.4 is 5.32 Å². The number of aliphatic hydroxyl groups excluding tert-OH is 1. The summed E-state index contributed by atoms with van der Waals surface area (Å²) in [5.41, 5.74) is 0. The van der Waals surface area contributed by atoms with E-state index < -0.39 is 57.6 Å². The molecular formula is C47H88NO10P. The van der Waals surface area contributed by atoms with Crippen molar-refractivity contribution >= 4 is 25.7 Å². The number of aliphatic hydroxyl groups is 1. The molecule has 1 amide bonds. The van der Waals surface area contributed by atoms with Crippen LogP contribution in [0.2, 0.25) is 0 Å². The van der Waals surface area contributed by atoms with E-state index in [0.29, 0.717) is 12.8 Å². The topological polar surface area (TPSA) is 169 Å². The van der Waals surface area contributed by atoms with E-state index in [9.17, 15) is 34.1 Å². The molecule has 3 unspecified atom stereocenters. The van der Waals surface area contributed by atoms with Crippen LogP contribution in [0, 0.1) is 0 Å². The summed E-state index contributed by atoms with van der Waals surface area (Å²) < 4.78 is 26.9. The minimum atomic E-state index is -4.76.